The van der Waals surface area contributed by atoms with Crippen LogP contribution in [0.25, 0.3) is 0 Å². The maximum Gasteiger partial charge on any atom is 0.137 e. The summed E-state index contributed by atoms with van der Waals surface area (Å²) < 4.78 is 78.7. The summed E-state index contributed by atoms with van der Waals surface area (Å²) in [4.78, 5) is 3.96. The summed E-state index contributed by atoms with van der Waals surface area (Å²) in [6, 6.07) is 6.94. The third-order valence-corrected chi connectivity index (χ3v) is 7.75. The predicted octanol–water partition coefficient (Wildman–Crippen LogP) is 4.01. The molecule has 4 aromatic rings. The van der Waals surface area contributed by atoms with Crippen LogP contribution in [0.4, 0.5) is 17.6 Å². The van der Waals surface area contributed by atoms with Crippen LogP contribution in [0.1, 0.15) is 24.0 Å². The van der Waals surface area contributed by atoms with Crippen molar-refractivity contribution in [2.24, 2.45) is 11.8 Å². The van der Waals surface area contributed by atoms with E-state index in [1.54, 1.807) is 15.6 Å². The van der Waals surface area contributed by atoms with Crippen molar-refractivity contribution in [2.45, 2.75) is 37.1 Å². The van der Waals surface area contributed by atoms with Gasteiger partial charge in [-0.1, -0.05) is 17.3 Å². The highest BCUT2D eigenvalue weighted by Crippen LogP contribution is 2.43. The molecule has 0 radical (unpaired) electrons. The number of halogens is 4. The Morgan fingerprint density at radius 1 is 0.829 bits per heavy atom. The molecule has 2 aromatic heterocycles. The second kappa shape index (κ2) is 11.3. The number of rotatable bonds is 10. The van der Waals surface area contributed by atoms with E-state index in [-0.39, 0.29) is 36.1 Å². The van der Waals surface area contributed by atoms with E-state index in [9.17, 15) is 17.6 Å². The van der Waals surface area contributed by atoms with Gasteiger partial charge in [-0.2, -0.15) is 5.10 Å². The van der Waals surface area contributed by atoms with Gasteiger partial charge in [0.25, 0.3) is 0 Å². The van der Waals surface area contributed by atoms with E-state index >= 15 is 0 Å². The summed E-state index contributed by atoms with van der Waals surface area (Å²) in [6.45, 7) is 1.69. The van der Waals surface area contributed by atoms with Gasteiger partial charge in [0.2, 0.25) is 0 Å². The van der Waals surface area contributed by atoms with Crippen molar-refractivity contribution in [3.8, 4) is 0 Å². The molecule has 0 amide bonds. The molecule has 2 aromatic carbocycles. The molecule has 41 heavy (non-hydrogen) atoms. The molecule has 13 heteroatoms. The van der Waals surface area contributed by atoms with Crippen LogP contribution in [0.2, 0.25) is 0 Å². The van der Waals surface area contributed by atoms with Crippen molar-refractivity contribution in [3.05, 3.63) is 95.8 Å². The molecular weight excluding hydrogens is 544 g/mol. The van der Waals surface area contributed by atoms with Crippen molar-refractivity contribution in [2.75, 3.05) is 26.4 Å². The molecule has 2 saturated heterocycles. The molecule has 2 aliphatic rings. The Labute approximate surface area is 233 Å². The fourth-order valence-electron chi connectivity index (χ4n) is 5.98. The summed E-state index contributed by atoms with van der Waals surface area (Å²) in [5.41, 5.74) is -1.63. The van der Waals surface area contributed by atoms with Gasteiger partial charge < -0.3 is 14.2 Å². The zero-order valence-electron chi connectivity index (χ0n) is 22.0. The van der Waals surface area contributed by atoms with Crippen LogP contribution in [0.15, 0.2) is 61.4 Å². The zero-order chi connectivity index (χ0) is 28.5. The highest BCUT2D eigenvalue weighted by Gasteiger charge is 2.46. The normalized spacial score (nSPS) is 26.1. The molecule has 6 rings (SSSR count). The summed E-state index contributed by atoms with van der Waals surface area (Å²) in [5.74, 6) is -2.85. The Hall–Kier alpha value is -3.68. The van der Waals surface area contributed by atoms with Gasteiger partial charge in [-0.15, -0.1) is 5.10 Å². The van der Waals surface area contributed by atoms with E-state index in [4.69, 9.17) is 14.2 Å². The van der Waals surface area contributed by atoms with Gasteiger partial charge >= 0.3 is 0 Å². The molecule has 2 aliphatic heterocycles. The first-order valence-electron chi connectivity index (χ1n) is 13.3. The third kappa shape index (κ3) is 5.74. The molecule has 9 nitrogen and oxygen atoms in total. The second-order valence-electron chi connectivity index (χ2n) is 10.7. The first kappa shape index (κ1) is 27.5. The molecule has 0 N–H and O–H groups in total. The molecule has 0 saturated carbocycles. The number of benzene rings is 2. The lowest BCUT2D eigenvalue weighted by atomic mass is 9.86. The Morgan fingerprint density at radius 3 is 1.90 bits per heavy atom. The van der Waals surface area contributed by atoms with E-state index in [0.717, 1.165) is 12.1 Å². The number of hydrogen-bond donors (Lipinski definition) is 0. The molecule has 0 bridgehead atoms. The molecule has 2 fully saturated rings. The van der Waals surface area contributed by atoms with Gasteiger partial charge in [0.15, 0.2) is 0 Å². The summed E-state index contributed by atoms with van der Waals surface area (Å²) in [5, 5.41) is 12.0. The van der Waals surface area contributed by atoms with Crippen LogP contribution in [-0.2, 0) is 38.5 Å². The van der Waals surface area contributed by atoms with Gasteiger partial charge in [0.1, 0.15) is 47.1 Å². The molecule has 0 aliphatic carbocycles. The maximum absolute atomic E-state index is 14.9. The minimum absolute atomic E-state index is 0.0697. The smallest absolute Gasteiger partial charge is 0.137 e. The van der Waals surface area contributed by atoms with Gasteiger partial charge in [-0.05, 0) is 25.0 Å². The average Bonchev–Trinajstić information content (AvgIpc) is 3.75. The second-order valence-corrected chi connectivity index (χ2v) is 10.7. The first-order chi connectivity index (χ1) is 19.8. The minimum atomic E-state index is -1.07. The van der Waals surface area contributed by atoms with E-state index in [1.807, 2.05) is 0 Å². The topological polar surface area (TPSA) is 89.1 Å². The van der Waals surface area contributed by atoms with Crippen molar-refractivity contribution >= 4 is 0 Å². The van der Waals surface area contributed by atoms with Crippen LogP contribution >= 0.6 is 0 Å². The molecule has 0 spiro atoms. The van der Waals surface area contributed by atoms with Gasteiger partial charge in [0.05, 0.1) is 45.7 Å². The predicted molar refractivity (Wildman–Crippen MR) is 135 cm³/mol. The molecule has 4 heterocycles. The molecular formula is C28H28F4N6O3. The highest BCUT2D eigenvalue weighted by atomic mass is 19.1. The van der Waals surface area contributed by atoms with E-state index in [2.05, 4.69) is 20.4 Å². The Kier molecular flexibility index (Phi) is 7.58. The largest absolute Gasteiger partial charge is 0.381 e. The Morgan fingerprint density at radius 2 is 1.41 bits per heavy atom. The lowest BCUT2D eigenvalue weighted by Gasteiger charge is -2.29. The first-order valence-corrected chi connectivity index (χ1v) is 13.3. The number of aromatic nitrogens is 6. The van der Waals surface area contributed by atoms with Crippen LogP contribution in [0.5, 0.6) is 0 Å². The van der Waals surface area contributed by atoms with Crippen molar-refractivity contribution in [1.29, 1.82) is 0 Å². The molecule has 216 valence electrons. The van der Waals surface area contributed by atoms with Gasteiger partial charge in [-0.3, -0.25) is 0 Å². The SMILES string of the molecule is Fc1ccc([C@@]2(Cn3cncn3)C[C@H](COC[C@@H]3CO[C@@](Cn4ccnn4)(c4ccc(F)cc4F)C3)CO2)c(F)c1. The number of nitrogens with zero attached hydrogens (tertiary/aromatic N) is 6. The van der Waals surface area contributed by atoms with Crippen LogP contribution in [0, 0.1) is 35.1 Å². The number of ether oxygens (including phenoxy) is 3. The van der Waals surface area contributed by atoms with Crippen LogP contribution in [0.3, 0.4) is 0 Å². The monoisotopic (exact) mass is 572 g/mol. The van der Waals surface area contributed by atoms with Gasteiger partial charge in [-0.25, -0.2) is 31.9 Å². The fraction of sp³-hybridized carbons (Fsp3) is 0.429. The standard InChI is InChI=1S/C28H28F4N6O3/c29-21-1-3-23(25(31)7-21)27(15-37-6-5-34-36-37)9-19(13-40-27)11-39-12-20-10-28(41-14-20,16-38-18-33-17-35-38)24-4-2-22(30)8-26(24)32/h1-8,17-20H,9-16H2/t19-,20-,27+,28+/m1/s1. The Balaban J connectivity index is 1.12. The Bertz CT molecular complexity index is 1360. The molecule has 0 unspecified atom stereocenters. The van der Waals surface area contributed by atoms with Gasteiger partial charge in [0, 0.05) is 41.3 Å². The van der Waals surface area contributed by atoms with Crippen LogP contribution < -0.4 is 0 Å². The highest BCUT2D eigenvalue weighted by molar-refractivity contribution is 5.28. The lowest BCUT2D eigenvalue weighted by Crippen LogP contribution is -2.33. The van der Waals surface area contributed by atoms with Crippen LogP contribution in [-0.4, -0.2) is 56.2 Å². The summed E-state index contributed by atoms with van der Waals surface area (Å²) >= 11 is 0. The lowest BCUT2D eigenvalue weighted by molar-refractivity contribution is -0.0223. The summed E-state index contributed by atoms with van der Waals surface area (Å²) in [6.07, 6.45) is 6.93. The zero-order valence-corrected chi connectivity index (χ0v) is 22.0. The summed E-state index contributed by atoms with van der Waals surface area (Å²) in [7, 11) is 0. The number of hydrogen-bond acceptors (Lipinski definition) is 7. The van der Waals surface area contributed by atoms with Crippen molar-refractivity contribution in [1.82, 2.24) is 29.8 Å². The van der Waals surface area contributed by atoms with Crippen molar-refractivity contribution < 1.29 is 31.8 Å². The average molecular weight is 573 g/mol. The van der Waals surface area contributed by atoms with Crippen molar-refractivity contribution in [3.63, 3.8) is 0 Å². The van der Waals surface area contributed by atoms with E-state index < -0.39 is 34.5 Å². The maximum atomic E-state index is 14.9. The quantitative estimate of drug-likeness (QED) is 0.266. The fourth-order valence-corrected chi connectivity index (χ4v) is 5.98. The third-order valence-electron chi connectivity index (χ3n) is 7.75. The van der Waals surface area contributed by atoms with E-state index in [1.165, 1.54) is 43.1 Å². The molecule has 4 atom stereocenters. The minimum Gasteiger partial charge on any atom is -0.381 e. The van der Waals surface area contributed by atoms with E-state index in [0.29, 0.717) is 39.3 Å².